The summed E-state index contributed by atoms with van der Waals surface area (Å²) in [5.74, 6) is -2.51. The zero-order chi connectivity index (χ0) is 20.1. The summed E-state index contributed by atoms with van der Waals surface area (Å²) in [6.45, 7) is 0. The van der Waals surface area contributed by atoms with Gasteiger partial charge in [0.2, 0.25) is 5.91 Å². The van der Waals surface area contributed by atoms with Gasteiger partial charge in [-0.2, -0.15) is 13.2 Å². The number of alkyl halides is 3. The highest BCUT2D eigenvalue weighted by molar-refractivity contribution is 6.23. The minimum Gasteiger partial charge on any atom is -0.275 e. The van der Waals surface area contributed by atoms with E-state index >= 15 is 0 Å². The second-order valence-corrected chi connectivity index (χ2v) is 8.18. The first kappa shape index (κ1) is 17.4. The lowest BCUT2D eigenvalue weighted by atomic mass is 9.38. The van der Waals surface area contributed by atoms with Crippen molar-refractivity contribution in [2.24, 2.45) is 5.41 Å². The van der Waals surface area contributed by atoms with Gasteiger partial charge >= 0.3 is 6.18 Å². The van der Waals surface area contributed by atoms with E-state index in [1.54, 1.807) is 12.1 Å². The maximum atomic E-state index is 13.1. The number of hydrogen-bond acceptors (Lipinski definition) is 4. The van der Waals surface area contributed by atoms with Gasteiger partial charge in [0, 0.05) is 6.42 Å². The number of carbonyl (C=O) groups excluding carboxylic acids is 4. The maximum Gasteiger partial charge on any atom is 0.394 e. The van der Waals surface area contributed by atoms with Crippen molar-refractivity contribution in [3.05, 3.63) is 35.4 Å². The molecule has 1 saturated heterocycles. The molecule has 0 aromatic heterocycles. The summed E-state index contributed by atoms with van der Waals surface area (Å²) in [4.78, 5) is 52.6. The molecule has 4 fully saturated rings. The number of rotatable bonds is 2. The van der Waals surface area contributed by atoms with Crippen LogP contribution in [-0.4, -0.2) is 51.2 Å². The van der Waals surface area contributed by atoms with Crippen LogP contribution in [0.5, 0.6) is 0 Å². The second kappa shape index (κ2) is 5.01. The number of halogens is 3. The molecule has 1 atom stereocenters. The molecule has 0 radical (unpaired) electrons. The van der Waals surface area contributed by atoms with Crippen LogP contribution in [0, 0.1) is 5.41 Å². The summed E-state index contributed by atoms with van der Waals surface area (Å²) < 4.78 is 39.4. The molecule has 28 heavy (non-hydrogen) atoms. The topological polar surface area (TPSA) is 74.8 Å². The average Bonchev–Trinajstić information content (AvgIpc) is 2.79. The van der Waals surface area contributed by atoms with Gasteiger partial charge in [-0.1, -0.05) is 12.1 Å². The molecule has 1 aromatic rings. The summed E-state index contributed by atoms with van der Waals surface area (Å²) in [7, 11) is 0. The molecule has 5 aliphatic rings. The first-order valence-electron chi connectivity index (χ1n) is 9.01. The lowest BCUT2D eigenvalue weighted by Gasteiger charge is -2.73. The Balaban J connectivity index is 1.42. The Kier molecular flexibility index (Phi) is 3.11. The molecular weight excluding hydrogens is 377 g/mol. The number of piperidine rings is 1. The van der Waals surface area contributed by atoms with Crippen molar-refractivity contribution < 1.29 is 32.3 Å². The molecule has 6 rings (SSSR count). The van der Waals surface area contributed by atoms with Crippen molar-refractivity contribution in [3.8, 4) is 0 Å². The molecule has 4 amide bonds. The molecule has 3 saturated carbocycles. The fraction of sp³-hybridized carbons (Fsp3) is 0.474. The van der Waals surface area contributed by atoms with Crippen molar-refractivity contribution in [3.63, 3.8) is 0 Å². The van der Waals surface area contributed by atoms with Gasteiger partial charge in [0.05, 0.1) is 22.1 Å². The van der Waals surface area contributed by atoms with Crippen molar-refractivity contribution in [1.82, 2.24) is 9.80 Å². The lowest BCUT2D eigenvalue weighted by molar-refractivity contribution is -0.354. The first-order valence-corrected chi connectivity index (χ1v) is 9.01. The highest BCUT2D eigenvalue weighted by Gasteiger charge is 2.81. The highest BCUT2D eigenvalue weighted by atomic mass is 19.4. The fourth-order valence-corrected chi connectivity index (χ4v) is 5.27. The number of benzene rings is 1. The SMILES string of the molecule is O=C1c2ccccc2C(=O)N1C1CCC(=O)N(C23CC(C(F)(F)F)(C2)C3)C1=O. The summed E-state index contributed by atoms with van der Waals surface area (Å²) in [5, 5.41) is 0. The van der Waals surface area contributed by atoms with Gasteiger partial charge in [0.1, 0.15) is 6.04 Å². The smallest absolute Gasteiger partial charge is 0.275 e. The predicted molar refractivity (Wildman–Crippen MR) is 86.9 cm³/mol. The van der Waals surface area contributed by atoms with E-state index in [1.165, 1.54) is 12.1 Å². The molecule has 0 N–H and O–H groups in total. The van der Waals surface area contributed by atoms with Crippen LogP contribution in [0.15, 0.2) is 24.3 Å². The number of amides is 4. The van der Waals surface area contributed by atoms with E-state index in [9.17, 15) is 32.3 Å². The molecule has 6 nitrogen and oxygen atoms in total. The molecule has 2 heterocycles. The average molecular weight is 392 g/mol. The number of imide groups is 2. The van der Waals surface area contributed by atoms with Crippen LogP contribution < -0.4 is 0 Å². The van der Waals surface area contributed by atoms with Crippen LogP contribution in [0.4, 0.5) is 13.2 Å². The summed E-state index contributed by atoms with van der Waals surface area (Å²) in [5.41, 5.74) is -2.56. The molecule has 2 aliphatic heterocycles. The fourth-order valence-electron chi connectivity index (χ4n) is 5.27. The van der Waals surface area contributed by atoms with Gasteiger partial charge < -0.3 is 0 Å². The third-order valence-electron chi connectivity index (χ3n) is 6.60. The van der Waals surface area contributed by atoms with Crippen LogP contribution in [0.2, 0.25) is 0 Å². The van der Waals surface area contributed by atoms with Crippen molar-refractivity contribution in [2.45, 2.75) is 49.9 Å². The Labute approximate surface area is 157 Å². The van der Waals surface area contributed by atoms with Gasteiger partial charge in [-0.05, 0) is 37.8 Å². The number of nitrogens with zero attached hydrogens (tertiary/aromatic N) is 2. The van der Waals surface area contributed by atoms with Crippen LogP contribution in [0.3, 0.4) is 0 Å². The number of carbonyl (C=O) groups is 4. The Bertz CT molecular complexity index is 915. The van der Waals surface area contributed by atoms with Crippen LogP contribution in [0.1, 0.15) is 52.8 Å². The summed E-state index contributed by atoms with van der Waals surface area (Å²) >= 11 is 0. The predicted octanol–water partition coefficient (Wildman–Crippen LogP) is 2.29. The van der Waals surface area contributed by atoms with E-state index in [4.69, 9.17) is 0 Å². The molecule has 9 heteroatoms. The number of fused-ring (bicyclic) bond motifs is 1. The van der Waals surface area contributed by atoms with Gasteiger partial charge in [0.15, 0.2) is 0 Å². The van der Waals surface area contributed by atoms with Crippen LogP contribution in [0.25, 0.3) is 0 Å². The molecule has 2 bridgehead atoms. The van der Waals surface area contributed by atoms with Crippen molar-refractivity contribution in [2.75, 3.05) is 0 Å². The Hall–Kier alpha value is -2.71. The van der Waals surface area contributed by atoms with Gasteiger partial charge in [-0.3, -0.25) is 29.0 Å². The molecular formula is C19H15F3N2O4. The van der Waals surface area contributed by atoms with Gasteiger partial charge in [-0.15, -0.1) is 0 Å². The quantitative estimate of drug-likeness (QED) is 0.724. The molecule has 1 aromatic carbocycles. The van der Waals surface area contributed by atoms with Crippen molar-refractivity contribution >= 4 is 23.6 Å². The Morgan fingerprint density at radius 1 is 0.929 bits per heavy atom. The van der Waals surface area contributed by atoms with Crippen molar-refractivity contribution in [1.29, 1.82) is 0 Å². The number of hydrogen-bond donors (Lipinski definition) is 0. The minimum atomic E-state index is -4.36. The van der Waals surface area contributed by atoms with E-state index in [2.05, 4.69) is 0 Å². The van der Waals surface area contributed by atoms with E-state index in [1.807, 2.05) is 0 Å². The lowest BCUT2D eigenvalue weighted by Crippen LogP contribution is -2.81. The number of likely N-dealkylation sites (tertiary alicyclic amines) is 1. The maximum absolute atomic E-state index is 13.1. The van der Waals surface area contributed by atoms with E-state index in [0.717, 1.165) is 9.80 Å². The summed E-state index contributed by atoms with van der Waals surface area (Å²) in [6.07, 6.45) is -5.36. The Morgan fingerprint density at radius 3 is 1.96 bits per heavy atom. The van der Waals surface area contributed by atoms with E-state index in [0.29, 0.717) is 0 Å². The Morgan fingerprint density at radius 2 is 1.46 bits per heavy atom. The van der Waals surface area contributed by atoms with Gasteiger partial charge in [0.25, 0.3) is 17.7 Å². The van der Waals surface area contributed by atoms with E-state index in [-0.39, 0.29) is 43.2 Å². The molecule has 1 unspecified atom stereocenters. The van der Waals surface area contributed by atoms with Gasteiger partial charge in [-0.25, -0.2) is 0 Å². The third kappa shape index (κ3) is 1.89. The molecule has 0 spiro atoms. The normalized spacial score (nSPS) is 34.3. The third-order valence-corrected chi connectivity index (χ3v) is 6.60. The monoisotopic (exact) mass is 392 g/mol. The molecule has 3 aliphatic carbocycles. The summed E-state index contributed by atoms with van der Waals surface area (Å²) in [6, 6.07) is 5.01. The zero-order valence-electron chi connectivity index (χ0n) is 14.6. The molecule has 146 valence electrons. The second-order valence-electron chi connectivity index (χ2n) is 8.18. The first-order chi connectivity index (χ1) is 13.1. The van der Waals surface area contributed by atoms with Crippen LogP contribution >= 0.6 is 0 Å². The highest BCUT2D eigenvalue weighted by Crippen LogP contribution is 2.75. The van der Waals surface area contributed by atoms with E-state index < -0.39 is 46.8 Å². The zero-order valence-corrected chi connectivity index (χ0v) is 14.6. The van der Waals surface area contributed by atoms with Crippen LogP contribution in [-0.2, 0) is 9.59 Å². The largest absolute Gasteiger partial charge is 0.394 e. The minimum absolute atomic E-state index is 0.0138. The standard InChI is InChI=1S/C19H15F3N2O4/c20-19(21,22)17-7-18(8-17,9-17)24-13(25)6-5-12(16(24)28)23-14(26)10-3-1-2-4-11(10)15(23)27/h1-4,12H,5-9H2.